The first kappa shape index (κ1) is 28.9. The lowest BCUT2D eigenvalue weighted by atomic mass is 9.93. The Balaban J connectivity index is 1.78. The van der Waals surface area contributed by atoms with Gasteiger partial charge in [0.1, 0.15) is 5.76 Å². The van der Waals surface area contributed by atoms with Crippen molar-refractivity contribution in [2.24, 2.45) is 4.99 Å². The number of anilines is 1. The summed E-state index contributed by atoms with van der Waals surface area (Å²) in [6.45, 7) is 7.64. The van der Waals surface area contributed by atoms with Crippen LogP contribution in [0.5, 0.6) is 11.5 Å². The molecule has 2 aromatic heterocycles. The maximum Gasteiger partial charge on any atom is 0.338 e. The summed E-state index contributed by atoms with van der Waals surface area (Å²) >= 11 is 1.24. The molecule has 0 saturated carbocycles. The molecule has 0 saturated heterocycles. The van der Waals surface area contributed by atoms with Crippen molar-refractivity contribution in [1.29, 1.82) is 0 Å². The van der Waals surface area contributed by atoms with E-state index in [2.05, 4.69) is 18.7 Å². The Bertz CT molecular complexity index is 1800. The summed E-state index contributed by atoms with van der Waals surface area (Å²) in [4.78, 5) is 35.2. The zero-order chi connectivity index (χ0) is 29.8. The Morgan fingerprint density at radius 1 is 1.02 bits per heavy atom. The number of nitrogens with zero attached hydrogens (tertiary/aromatic N) is 3. The van der Waals surface area contributed by atoms with Gasteiger partial charge < -0.3 is 23.5 Å². The summed E-state index contributed by atoms with van der Waals surface area (Å²) in [5, 5.41) is 0. The highest BCUT2D eigenvalue weighted by Crippen LogP contribution is 2.38. The van der Waals surface area contributed by atoms with Crippen molar-refractivity contribution in [3.8, 4) is 11.5 Å². The van der Waals surface area contributed by atoms with Gasteiger partial charge in [-0.1, -0.05) is 47.7 Å². The van der Waals surface area contributed by atoms with Gasteiger partial charge in [-0.05, 0) is 44.5 Å². The van der Waals surface area contributed by atoms with Crippen LogP contribution in [0.2, 0.25) is 0 Å². The van der Waals surface area contributed by atoms with Crippen molar-refractivity contribution in [3.05, 3.63) is 103 Å². The third kappa shape index (κ3) is 5.37. The zero-order valence-electron chi connectivity index (χ0n) is 24.2. The van der Waals surface area contributed by atoms with Gasteiger partial charge in [-0.2, -0.15) is 0 Å². The highest BCUT2D eigenvalue weighted by Gasteiger charge is 2.35. The van der Waals surface area contributed by atoms with Crippen LogP contribution < -0.4 is 29.3 Å². The largest absolute Gasteiger partial charge is 0.493 e. The number of carbonyl (C=O) groups is 1. The van der Waals surface area contributed by atoms with Crippen LogP contribution in [0, 0.1) is 0 Å². The summed E-state index contributed by atoms with van der Waals surface area (Å²) in [5.41, 5.74) is 1.79. The molecule has 1 aliphatic rings. The number of hydrogen-bond acceptors (Lipinski definition) is 9. The molecule has 9 nitrogen and oxygen atoms in total. The summed E-state index contributed by atoms with van der Waals surface area (Å²) in [6.07, 6.45) is 1.72. The lowest BCUT2D eigenvalue weighted by molar-refractivity contribution is -0.138. The first-order chi connectivity index (χ1) is 20.4. The predicted molar refractivity (Wildman–Crippen MR) is 163 cm³/mol. The Kier molecular flexibility index (Phi) is 8.63. The molecule has 0 spiro atoms. The normalized spacial score (nSPS) is 14.8. The molecule has 0 bridgehead atoms. The molecule has 0 fully saturated rings. The number of hydrogen-bond donors (Lipinski definition) is 0. The minimum Gasteiger partial charge on any atom is -0.493 e. The Labute approximate surface area is 247 Å². The molecule has 1 aliphatic heterocycles. The number of aromatic nitrogens is 1. The maximum absolute atomic E-state index is 14.1. The van der Waals surface area contributed by atoms with Crippen LogP contribution in [-0.2, 0) is 9.53 Å². The van der Waals surface area contributed by atoms with Crippen molar-refractivity contribution in [2.45, 2.75) is 26.8 Å². The van der Waals surface area contributed by atoms with Gasteiger partial charge in [0.05, 0.1) is 42.7 Å². The average Bonchev–Trinajstić information content (AvgIpc) is 3.61. The minimum absolute atomic E-state index is 0.168. The molecule has 4 aromatic rings. The molecule has 0 aliphatic carbocycles. The third-order valence-electron chi connectivity index (χ3n) is 7.06. The molecule has 0 unspecified atom stereocenters. The SMILES string of the molecule is CCOC(=O)C1=C(c2ccccc2)N=c2s/c(=C\c3ccc(N(CC)CC)o3)c(=O)n2[C@H]1c1ccc(OC)c(OC)c1. The second-order valence-corrected chi connectivity index (χ2v) is 10.4. The lowest BCUT2D eigenvalue weighted by Gasteiger charge is -2.26. The zero-order valence-corrected chi connectivity index (χ0v) is 25.1. The van der Waals surface area contributed by atoms with E-state index < -0.39 is 12.0 Å². The van der Waals surface area contributed by atoms with E-state index in [0.29, 0.717) is 37.9 Å². The first-order valence-corrected chi connectivity index (χ1v) is 14.6. The standard InChI is InChI=1S/C32H33N3O6S/c1-6-34(7-2)26-17-15-22(41-26)19-25-30(36)35-29(21-14-16-23(38-4)24(18-21)39-5)27(31(37)40-8-3)28(33-32(35)42-25)20-12-10-9-11-13-20/h9-19,29H,6-8H2,1-5H3/b25-19-/t29-/m0/s1. The molecular formula is C32H33N3O6S. The van der Waals surface area contributed by atoms with E-state index in [1.54, 1.807) is 43.9 Å². The summed E-state index contributed by atoms with van der Waals surface area (Å²) in [6, 6.07) is 17.7. The summed E-state index contributed by atoms with van der Waals surface area (Å²) < 4.78 is 24.6. The predicted octanol–water partition coefficient (Wildman–Crippen LogP) is 4.39. The van der Waals surface area contributed by atoms with E-state index >= 15 is 0 Å². The van der Waals surface area contributed by atoms with Crippen LogP contribution in [-0.4, -0.2) is 44.5 Å². The molecule has 0 N–H and O–H groups in total. The molecule has 2 aromatic carbocycles. The van der Waals surface area contributed by atoms with E-state index in [9.17, 15) is 9.59 Å². The second-order valence-electron chi connectivity index (χ2n) is 9.39. The molecular weight excluding hydrogens is 554 g/mol. The van der Waals surface area contributed by atoms with Crippen LogP contribution in [0.3, 0.4) is 0 Å². The highest BCUT2D eigenvalue weighted by atomic mass is 32.1. The smallest absolute Gasteiger partial charge is 0.338 e. The van der Waals surface area contributed by atoms with Gasteiger partial charge in [0, 0.05) is 30.8 Å². The number of benzene rings is 2. The van der Waals surface area contributed by atoms with Gasteiger partial charge in [0.2, 0.25) is 0 Å². The number of carbonyl (C=O) groups excluding carboxylic acids is 1. The van der Waals surface area contributed by atoms with Crippen LogP contribution in [0.15, 0.2) is 80.4 Å². The van der Waals surface area contributed by atoms with Crippen LogP contribution >= 0.6 is 11.3 Å². The van der Waals surface area contributed by atoms with E-state index in [0.717, 1.165) is 24.5 Å². The van der Waals surface area contributed by atoms with Crippen LogP contribution in [0.4, 0.5) is 5.88 Å². The number of furan rings is 1. The minimum atomic E-state index is -0.833. The topological polar surface area (TPSA) is 95.5 Å². The molecule has 0 radical (unpaired) electrons. The van der Waals surface area contributed by atoms with E-state index in [4.69, 9.17) is 23.6 Å². The van der Waals surface area contributed by atoms with Crippen LogP contribution in [0.1, 0.15) is 43.7 Å². The maximum atomic E-state index is 14.1. The van der Waals surface area contributed by atoms with Gasteiger partial charge in [-0.3, -0.25) is 9.36 Å². The fraction of sp³-hybridized carbons (Fsp3) is 0.281. The molecule has 42 heavy (non-hydrogen) atoms. The number of ether oxygens (including phenoxy) is 3. The van der Waals surface area contributed by atoms with Crippen molar-refractivity contribution in [3.63, 3.8) is 0 Å². The van der Waals surface area contributed by atoms with Gasteiger partial charge in [0.25, 0.3) is 5.56 Å². The van der Waals surface area contributed by atoms with Crippen molar-refractivity contribution in [2.75, 3.05) is 38.8 Å². The quantitative estimate of drug-likeness (QED) is 0.254. The number of thiazole rings is 1. The number of rotatable bonds is 10. The van der Waals surface area contributed by atoms with Crippen molar-refractivity contribution >= 4 is 35.0 Å². The van der Waals surface area contributed by atoms with Gasteiger partial charge in [0.15, 0.2) is 22.2 Å². The van der Waals surface area contributed by atoms with Gasteiger partial charge in [-0.15, -0.1) is 0 Å². The fourth-order valence-electron chi connectivity index (χ4n) is 5.03. The summed E-state index contributed by atoms with van der Waals surface area (Å²) in [5.74, 6) is 1.73. The molecule has 10 heteroatoms. The molecule has 218 valence electrons. The third-order valence-corrected chi connectivity index (χ3v) is 8.04. The second kappa shape index (κ2) is 12.5. The molecule has 5 rings (SSSR count). The fourth-order valence-corrected chi connectivity index (χ4v) is 6.01. The van der Waals surface area contributed by atoms with E-state index in [1.165, 1.54) is 11.3 Å². The highest BCUT2D eigenvalue weighted by molar-refractivity contribution is 7.07. The monoisotopic (exact) mass is 587 g/mol. The van der Waals surface area contributed by atoms with Gasteiger partial charge in [-0.25, -0.2) is 9.79 Å². The first-order valence-electron chi connectivity index (χ1n) is 13.8. The Morgan fingerprint density at radius 2 is 1.76 bits per heavy atom. The Morgan fingerprint density at radius 3 is 2.43 bits per heavy atom. The van der Waals surface area contributed by atoms with E-state index in [-0.39, 0.29) is 17.7 Å². The molecule has 3 heterocycles. The summed E-state index contributed by atoms with van der Waals surface area (Å²) in [7, 11) is 3.10. The number of fused-ring (bicyclic) bond motifs is 1. The van der Waals surface area contributed by atoms with Gasteiger partial charge >= 0.3 is 5.97 Å². The lowest BCUT2D eigenvalue weighted by Crippen LogP contribution is -2.40. The van der Waals surface area contributed by atoms with Crippen molar-refractivity contribution < 1.29 is 23.4 Å². The van der Waals surface area contributed by atoms with Crippen LogP contribution in [0.25, 0.3) is 11.8 Å². The van der Waals surface area contributed by atoms with Crippen molar-refractivity contribution in [1.82, 2.24) is 4.57 Å². The number of methoxy groups -OCH3 is 2. The Hall–Kier alpha value is -4.57. The van der Waals surface area contributed by atoms with E-state index in [1.807, 2.05) is 48.5 Å². The molecule has 0 amide bonds. The average molecular weight is 588 g/mol. The number of esters is 1. The molecule has 1 atom stereocenters.